The number of amides is 1. The number of esters is 1. The number of carbonyl (C=O) groups excluding carboxylic acids is 3. The molecule has 0 fully saturated rings. The maximum absolute atomic E-state index is 13.6. The average Bonchev–Trinajstić information content (AvgIpc) is 2.75. The number of hydrogen-bond acceptors (Lipinski definition) is 4. The van der Waals surface area contributed by atoms with Gasteiger partial charge in [0.25, 0.3) is 5.91 Å². The van der Waals surface area contributed by atoms with Gasteiger partial charge in [0.1, 0.15) is 11.6 Å². The minimum atomic E-state index is -1.23. The van der Waals surface area contributed by atoms with Gasteiger partial charge in [-0.3, -0.25) is 9.59 Å². The molecule has 0 spiro atoms. The van der Waals surface area contributed by atoms with Crippen molar-refractivity contribution < 1.29 is 27.9 Å². The molecule has 30 heavy (non-hydrogen) atoms. The quantitative estimate of drug-likeness (QED) is 0.484. The Labute approximate surface area is 171 Å². The standard InChI is InChI=1S/C23H17F2NO4/c1-14(22(28)26-20-12-11-18(24)13-19(20)25)30-23(29)17-9-7-16(8-10-17)21(27)15-5-3-2-4-6-15/h2-14H,1H3,(H,26,28)/t14-/m1/s1. The van der Waals surface area contributed by atoms with Crippen LogP contribution in [0.5, 0.6) is 0 Å². The summed E-state index contributed by atoms with van der Waals surface area (Å²) in [6.45, 7) is 1.32. The normalized spacial score (nSPS) is 11.4. The molecule has 152 valence electrons. The monoisotopic (exact) mass is 409 g/mol. The summed E-state index contributed by atoms with van der Waals surface area (Å²) in [7, 11) is 0. The Balaban J connectivity index is 1.62. The van der Waals surface area contributed by atoms with Crippen molar-refractivity contribution in [3.05, 3.63) is 101 Å². The Morgan fingerprint density at radius 2 is 1.43 bits per heavy atom. The number of rotatable bonds is 6. The van der Waals surface area contributed by atoms with Gasteiger partial charge in [0, 0.05) is 17.2 Å². The van der Waals surface area contributed by atoms with E-state index in [2.05, 4.69) is 5.32 Å². The largest absolute Gasteiger partial charge is 0.449 e. The van der Waals surface area contributed by atoms with Crippen LogP contribution in [0.25, 0.3) is 0 Å². The Kier molecular flexibility index (Phi) is 6.32. The highest BCUT2D eigenvalue weighted by Crippen LogP contribution is 2.16. The van der Waals surface area contributed by atoms with E-state index in [0.717, 1.165) is 12.1 Å². The zero-order chi connectivity index (χ0) is 21.7. The molecule has 0 saturated carbocycles. The number of anilines is 1. The SMILES string of the molecule is C[C@@H](OC(=O)c1ccc(C(=O)c2ccccc2)cc1)C(=O)Nc1ccc(F)cc1F. The lowest BCUT2D eigenvalue weighted by atomic mass is 10.0. The fraction of sp³-hybridized carbons (Fsp3) is 0.0870. The number of halogens is 2. The highest BCUT2D eigenvalue weighted by Gasteiger charge is 2.20. The van der Waals surface area contributed by atoms with Gasteiger partial charge in [-0.25, -0.2) is 13.6 Å². The molecule has 0 bridgehead atoms. The Morgan fingerprint density at radius 1 is 0.833 bits per heavy atom. The fourth-order valence-electron chi connectivity index (χ4n) is 2.62. The minimum Gasteiger partial charge on any atom is -0.449 e. The van der Waals surface area contributed by atoms with E-state index in [1.165, 1.54) is 31.2 Å². The van der Waals surface area contributed by atoms with Crippen LogP contribution in [0.3, 0.4) is 0 Å². The summed E-state index contributed by atoms with van der Waals surface area (Å²) in [4.78, 5) is 36.8. The summed E-state index contributed by atoms with van der Waals surface area (Å²) in [6, 6.07) is 17.2. The second-order valence-corrected chi connectivity index (χ2v) is 6.43. The lowest BCUT2D eigenvalue weighted by Crippen LogP contribution is -2.30. The van der Waals surface area contributed by atoms with E-state index in [9.17, 15) is 23.2 Å². The number of hydrogen-bond donors (Lipinski definition) is 1. The van der Waals surface area contributed by atoms with Crippen molar-refractivity contribution in [1.82, 2.24) is 0 Å². The van der Waals surface area contributed by atoms with Crippen LogP contribution < -0.4 is 5.32 Å². The molecule has 0 aromatic heterocycles. The van der Waals surface area contributed by atoms with Gasteiger partial charge in [0.2, 0.25) is 0 Å². The second kappa shape index (κ2) is 9.09. The first-order valence-corrected chi connectivity index (χ1v) is 9.02. The van der Waals surface area contributed by atoms with Gasteiger partial charge in [-0.2, -0.15) is 0 Å². The fourth-order valence-corrected chi connectivity index (χ4v) is 2.62. The molecule has 5 nitrogen and oxygen atoms in total. The van der Waals surface area contributed by atoms with E-state index in [4.69, 9.17) is 4.74 Å². The van der Waals surface area contributed by atoms with E-state index in [1.54, 1.807) is 30.3 Å². The molecule has 0 unspecified atom stereocenters. The molecule has 0 aliphatic heterocycles. The van der Waals surface area contributed by atoms with Crippen molar-refractivity contribution in [2.24, 2.45) is 0 Å². The molecule has 0 aliphatic carbocycles. The predicted molar refractivity (Wildman–Crippen MR) is 106 cm³/mol. The molecule has 0 heterocycles. The van der Waals surface area contributed by atoms with E-state index in [-0.39, 0.29) is 17.0 Å². The molecule has 0 aliphatic rings. The van der Waals surface area contributed by atoms with Crippen molar-refractivity contribution in [3.8, 4) is 0 Å². The van der Waals surface area contributed by atoms with Gasteiger partial charge in [0.05, 0.1) is 11.3 Å². The summed E-state index contributed by atoms with van der Waals surface area (Å²) in [5, 5.41) is 2.23. The minimum absolute atomic E-state index is 0.146. The topological polar surface area (TPSA) is 72.5 Å². The third-order valence-electron chi connectivity index (χ3n) is 4.26. The van der Waals surface area contributed by atoms with Crippen LogP contribution in [0, 0.1) is 11.6 Å². The maximum atomic E-state index is 13.6. The van der Waals surface area contributed by atoms with E-state index in [0.29, 0.717) is 17.2 Å². The summed E-state index contributed by atoms with van der Waals surface area (Å²) in [5.74, 6) is -3.47. The van der Waals surface area contributed by atoms with E-state index >= 15 is 0 Å². The van der Waals surface area contributed by atoms with Gasteiger partial charge in [-0.05, 0) is 31.2 Å². The van der Waals surface area contributed by atoms with Crippen molar-refractivity contribution in [2.45, 2.75) is 13.0 Å². The van der Waals surface area contributed by atoms with Crippen LogP contribution in [0.2, 0.25) is 0 Å². The third kappa shape index (κ3) is 4.94. The molecule has 1 atom stereocenters. The molecular formula is C23H17F2NO4. The number of ether oxygens (including phenoxy) is 1. The lowest BCUT2D eigenvalue weighted by Gasteiger charge is -2.14. The summed E-state index contributed by atoms with van der Waals surface area (Å²) < 4.78 is 31.7. The Morgan fingerprint density at radius 3 is 2.07 bits per heavy atom. The van der Waals surface area contributed by atoms with Crippen LogP contribution in [0.15, 0.2) is 72.8 Å². The van der Waals surface area contributed by atoms with Gasteiger partial charge in [-0.15, -0.1) is 0 Å². The van der Waals surface area contributed by atoms with Crippen LogP contribution in [0.4, 0.5) is 14.5 Å². The highest BCUT2D eigenvalue weighted by atomic mass is 19.1. The van der Waals surface area contributed by atoms with E-state index < -0.39 is 29.6 Å². The summed E-state index contributed by atoms with van der Waals surface area (Å²) in [5.41, 5.74) is 0.835. The molecule has 3 rings (SSSR count). The maximum Gasteiger partial charge on any atom is 0.338 e. The van der Waals surface area contributed by atoms with Crippen LogP contribution in [0.1, 0.15) is 33.2 Å². The Hall–Kier alpha value is -3.87. The lowest BCUT2D eigenvalue weighted by molar-refractivity contribution is -0.123. The zero-order valence-corrected chi connectivity index (χ0v) is 15.9. The first kappa shape index (κ1) is 20.9. The third-order valence-corrected chi connectivity index (χ3v) is 4.26. The number of ketones is 1. The molecular weight excluding hydrogens is 392 g/mol. The molecule has 3 aromatic rings. The van der Waals surface area contributed by atoms with Gasteiger partial charge < -0.3 is 10.1 Å². The van der Waals surface area contributed by atoms with E-state index in [1.807, 2.05) is 0 Å². The second-order valence-electron chi connectivity index (χ2n) is 6.43. The predicted octanol–water partition coefficient (Wildman–Crippen LogP) is 4.38. The Bertz CT molecular complexity index is 1080. The van der Waals surface area contributed by atoms with Gasteiger partial charge in [0.15, 0.2) is 11.9 Å². The molecule has 0 saturated heterocycles. The van der Waals surface area contributed by atoms with Crippen LogP contribution in [-0.2, 0) is 9.53 Å². The summed E-state index contributed by atoms with van der Waals surface area (Å²) in [6.07, 6.45) is -1.23. The zero-order valence-electron chi connectivity index (χ0n) is 15.9. The number of benzene rings is 3. The molecule has 1 amide bonds. The first-order valence-electron chi connectivity index (χ1n) is 9.02. The van der Waals surface area contributed by atoms with Gasteiger partial charge >= 0.3 is 5.97 Å². The smallest absolute Gasteiger partial charge is 0.338 e. The van der Waals surface area contributed by atoms with Crippen molar-refractivity contribution in [2.75, 3.05) is 5.32 Å². The van der Waals surface area contributed by atoms with Crippen LogP contribution in [-0.4, -0.2) is 23.8 Å². The van der Waals surface area contributed by atoms with Crippen molar-refractivity contribution >= 4 is 23.3 Å². The number of nitrogens with one attached hydrogen (secondary N) is 1. The highest BCUT2D eigenvalue weighted by molar-refractivity contribution is 6.09. The summed E-state index contributed by atoms with van der Waals surface area (Å²) >= 11 is 0. The van der Waals surface area contributed by atoms with Crippen molar-refractivity contribution in [1.29, 1.82) is 0 Å². The first-order chi connectivity index (χ1) is 14.3. The average molecular weight is 409 g/mol. The molecule has 0 radical (unpaired) electrons. The molecule has 1 N–H and O–H groups in total. The number of carbonyl (C=O) groups is 3. The van der Waals surface area contributed by atoms with Gasteiger partial charge in [-0.1, -0.05) is 42.5 Å². The molecule has 7 heteroatoms. The molecule has 3 aromatic carbocycles. The van der Waals surface area contributed by atoms with Crippen molar-refractivity contribution in [3.63, 3.8) is 0 Å². The van der Waals surface area contributed by atoms with Crippen LogP contribution >= 0.6 is 0 Å².